The first kappa shape index (κ1) is 18.9. The van der Waals surface area contributed by atoms with Gasteiger partial charge in [0.25, 0.3) is 5.91 Å². The van der Waals surface area contributed by atoms with Crippen LogP contribution in [0.25, 0.3) is 0 Å². The first-order valence-electron chi connectivity index (χ1n) is 6.33. The molecule has 0 aliphatic carbocycles. The van der Waals surface area contributed by atoms with Crippen LogP contribution in [0, 0.1) is 0 Å². The van der Waals surface area contributed by atoms with Crippen molar-refractivity contribution in [1.29, 1.82) is 0 Å². The van der Waals surface area contributed by atoms with E-state index in [1.807, 2.05) is 6.92 Å². The number of sulfone groups is 1. The highest BCUT2D eigenvalue weighted by Crippen LogP contribution is 2.12. The number of carbonyl (C=O) groups is 1. The highest BCUT2D eigenvalue weighted by molar-refractivity contribution is 7.91. The molecule has 0 aliphatic heterocycles. The molecule has 1 aromatic carbocycles. The number of amides is 1. The summed E-state index contributed by atoms with van der Waals surface area (Å²) in [7, 11) is -3.21. The van der Waals surface area contributed by atoms with Gasteiger partial charge in [-0.25, -0.2) is 8.42 Å². The summed E-state index contributed by atoms with van der Waals surface area (Å²) in [4.78, 5) is 12.0. The molecule has 20 heavy (non-hydrogen) atoms. The van der Waals surface area contributed by atoms with Crippen molar-refractivity contribution in [2.75, 3.05) is 25.4 Å². The van der Waals surface area contributed by atoms with Crippen molar-refractivity contribution < 1.29 is 13.2 Å². The van der Waals surface area contributed by atoms with Crippen LogP contribution in [0.4, 0.5) is 0 Å². The zero-order valence-electron chi connectivity index (χ0n) is 11.7. The van der Waals surface area contributed by atoms with E-state index >= 15 is 0 Å². The second-order valence-corrected chi connectivity index (χ2v) is 6.32. The van der Waals surface area contributed by atoms with Crippen LogP contribution in [-0.4, -0.2) is 39.7 Å². The maximum atomic E-state index is 11.8. The van der Waals surface area contributed by atoms with Crippen molar-refractivity contribution >= 4 is 28.2 Å². The van der Waals surface area contributed by atoms with Gasteiger partial charge >= 0.3 is 0 Å². The summed E-state index contributed by atoms with van der Waals surface area (Å²) in [5, 5.41) is 5.85. The van der Waals surface area contributed by atoms with E-state index in [2.05, 4.69) is 10.6 Å². The largest absolute Gasteiger partial charge is 0.351 e. The molecule has 7 heteroatoms. The third-order valence-corrected chi connectivity index (χ3v) is 4.44. The standard InChI is InChI=1S/C13H20N2O3S.ClH/c1-3-14-9-10-15-13(16)11-5-7-12(8-6-11)19(17,18)4-2;/h5-8,14H,3-4,9-10H2,1-2H3,(H,15,16);1H. The molecule has 0 atom stereocenters. The number of rotatable bonds is 7. The Hall–Kier alpha value is -1.11. The lowest BCUT2D eigenvalue weighted by atomic mass is 10.2. The lowest BCUT2D eigenvalue weighted by Crippen LogP contribution is -2.31. The van der Waals surface area contributed by atoms with Gasteiger partial charge in [0, 0.05) is 18.7 Å². The van der Waals surface area contributed by atoms with Gasteiger partial charge in [-0.15, -0.1) is 12.4 Å². The summed E-state index contributed by atoms with van der Waals surface area (Å²) in [6.07, 6.45) is 0. The Morgan fingerprint density at radius 2 is 1.70 bits per heavy atom. The average molecular weight is 321 g/mol. The van der Waals surface area contributed by atoms with E-state index in [9.17, 15) is 13.2 Å². The molecule has 0 bridgehead atoms. The van der Waals surface area contributed by atoms with E-state index in [1.165, 1.54) is 24.3 Å². The second kappa shape index (κ2) is 8.94. The van der Waals surface area contributed by atoms with Gasteiger partial charge in [0.1, 0.15) is 0 Å². The number of halogens is 1. The highest BCUT2D eigenvalue weighted by atomic mass is 35.5. The van der Waals surface area contributed by atoms with E-state index in [4.69, 9.17) is 0 Å². The molecule has 0 fully saturated rings. The molecule has 0 spiro atoms. The average Bonchev–Trinajstić information content (AvgIpc) is 2.43. The van der Waals surface area contributed by atoms with Gasteiger partial charge in [-0.3, -0.25) is 4.79 Å². The molecule has 0 aromatic heterocycles. The normalized spacial score (nSPS) is 10.7. The van der Waals surface area contributed by atoms with E-state index in [1.54, 1.807) is 6.92 Å². The van der Waals surface area contributed by atoms with Crippen molar-refractivity contribution in [3.63, 3.8) is 0 Å². The molecule has 0 unspecified atom stereocenters. The van der Waals surface area contributed by atoms with Crippen molar-refractivity contribution in [2.45, 2.75) is 18.7 Å². The molecule has 0 saturated carbocycles. The molecule has 1 aromatic rings. The van der Waals surface area contributed by atoms with Gasteiger partial charge in [-0.05, 0) is 30.8 Å². The van der Waals surface area contributed by atoms with Gasteiger partial charge in [0.2, 0.25) is 0 Å². The Balaban J connectivity index is 0.00000361. The van der Waals surface area contributed by atoms with Gasteiger partial charge < -0.3 is 10.6 Å². The summed E-state index contributed by atoms with van der Waals surface area (Å²) in [5.74, 6) is -0.139. The Labute approximate surface area is 126 Å². The molecular formula is C13H21ClN2O3S. The number of hydrogen-bond donors (Lipinski definition) is 2. The lowest BCUT2D eigenvalue weighted by molar-refractivity contribution is 0.0954. The van der Waals surface area contributed by atoms with Crippen molar-refractivity contribution in [3.05, 3.63) is 29.8 Å². The predicted octanol–water partition coefficient (Wildman–Crippen LogP) is 1.24. The van der Waals surface area contributed by atoms with Crippen LogP contribution >= 0.6 is 12.4 Å². The van der Waals surface area contributed by atoms with Crippen LogP contribution in [0.1, 0.15) is 24.2 Å². The minimum absolute atomic E-state index is 0. The molecule has 5 nitrogen and oxygen atoms in total. The number of carbonyl (C=O) groups excluding carboxylic acids is 1. The first-order chi connectivity index (χ1) is 9.01. The number of benzene rings is 1. The minimum atomic E-state index is -3.21. The quantitative estimate of drug-likeness (QED) is 0.741. The Kier molecular flexibility index (Phi) is 8.45. The molecule has 0 radical (unpaired) electrons. The summed E-state index contributed by atoms with van der Waals surface area (Å²) in [6, 6.07) is 6.01. The maximum absolute atomic E-state index is 11.8. The summed E-state index contributed by atoms with van der Waals surface area (Å²) >= 11 is 0. The van der Waals surface area contributed by atoms with E-state index in [-0.39, 0.29) is 29.0 Å². The van der Waals surface area contributed by atoms with Gasteiger partial charge in [0.05, 0.1) is 10.6 Å². The number of likely N-dealkylation sites (N-methyl/N-ethyl adjacent to an activating group) is 1. The molecule has 1 amide bonds. The molecule has 2 N–H and O–H groups in total. The maximum Gasteiger partial charge on any atom is 0.251 e. The molecule has 0 heterocycles. The Morgan fingerprint density at radius 1 is 1.10 bits per heavy atom. The fourth-order valence-electron chi connectivity index (χ4n) is 1.52. The van der Waals surface area contributed by atoms with Gasteiger partial charge in [-0.2, -0.15) is 0 Å². The van der Waals surface area contributed by atoms with Gasteiger partial charge in [0.15, 0.2) is 9.84 Å². The lowest BCUT2D eigenvalue weighted by Gasteiger charge is -2.06. The van der Waals surface area contributed by atoms with Crippen LogP contribution < -0.4 is 10.6 Å². The second-order valence-electron chi connectivity index (χ2n) is 4.04. The number of nitrogens with one attached hydrogen (secondary N) is 2. The molecule has 0 saturated heterocycles. The third-order valence-electron chi connectivity index (χ3n) is 2.69. The van der Waals surface area contributed by atoms with Crippen LogP contribution in [0.15, 0.2) is 29.2 Å². The van der Waals surface area contributed by atoms with Gasteiger partial charge in [-0.1, -0.05) is 13.8 Å². The zero-order valence-corrected chi connectivity index (χ0v) is 13.3. The van der Waals surface area contributed by atoms with E-state index in [0.717, 1.165) is 6.54 Å². The fourth-order valence-corrected chi connectivity index (χ4v) is 2.41. The van der Waals surface area contributed by atoms with Crippen LogP contribution in [0.5, 0.6) is 0 Å². The monoisotopic (exact) mass is 320 g/mol. The SMILES string of the molecule is CCNCCNC(=O)c1ccc(S(=O)(=O)CC)cc1.Cl. The molecule has 0 aliphatic rings. The first-order valence-corrected chi connectivity index (χ1v) is 7.98. The van der Waals surface area contributed by atoms with E-state index < -0.39 is 9.84 Å². The van der Waals surface area contributed by atoms with Crippen LogP contribution in [0.3, 0.4) is 0 Å². The predicted molar refractivity (Wildman–Crippen MR) is 82.3 cm³/mol. The summed E-state index contributed by atoms with van der Waals surface area (Å²) in [6.45, 7) is 5.71. The van der Waals surface area contributed by atoms with Crippen molar-refractivity contribution in [2.24, 2.45) is 0 Å². The minimum Gasteiger partial charge on any atom is -0.351 e. The Bertz CT molecular complexity index is 515. The smallest absolute Gasteiger partial charge is 0.251 e. The molecule has 114 valence electrons. The summed E-state index contributed by atoms with van der Waals surface area (Å²) in [5.41, 5.74) is 0.464. The highest BCUT2D eigenvalue weighted by Gasteiger charge is 2.12. The zero-order chi connectivity index (χ0) is 14.3. The fraction of sp³-hybridized carbons (Fsp3) is 0.462. The van der Waals surface area contributed by atoms with Crippen molar-refractivity contribution in [1.82, 2.24) is 10.6 Å². The van der Waals surface area contributed by atoms with Crippen LogP contribution in [0.2, 0.25) is 0 Å². The summed E-state index contributed by atoms with van der Waals surface area (Å²) < 4.78 is 23.2. The molecule has 1 rings (SSSR count). The number of hydrogen-bond acceptors (Lipinski definition) is 4. The topological polar surface area (TPSA) is 75.3 Å². The van der Waals surface area contributed by atoms with E-state index in [0.29, 0.717) is 18.7 Å². The third kappa shape index (κ3) is 5.48. The van der Waals surface area contributed by atoms with Crippen molar-refractivity contribution in [3.8, 4) is 0 Å². The molecular weight excluding hydrogens is 300 g/mol. The Morgan fingerprint density at radius 3 is 2.20 bits per heavy atom. The van der Waals surface area contributed by atoms with Crippen LogP contribution in [-0.2, 0) is 9.84 Å².